The van der Waals surface area contributed by atoms with Crippen molar-refractivity contribution >= 4 is 54.9 Å². The number of benzene rings is 1. The van der Waals surface area contributed by atoms with Crippen molar-refractivity contribution in [1.82, 2.24) is 0 Å². The van der Waals surface area contributed by atoms with Gasteiger partial charge < -0.3 is 10.1 Å². The second-order valence-electron chi connectivity index (χ2n) is 4.21. The smallest absolute Gasteiger partial charge is 0.337 e. The minimum Gasteiger partial charge on any atom is -0.465 e. The highest BCUT2D eigenvalue weighted by Gasteiger charge is 2.09. The fourth-order valence-corrected chi connectivity index (χ4v) is 3.83. The highest BCUT2D eigenvalue weighted by Crippen LogP contribution is 2.32. The van der Waals surface area contributed by atoms with Gasteiger partial charge in [-0.05, 0) is 62.5 Å². The lowest BCUT2D eigenvalue weighted by molar-refractivity contribution is 0.0601. The molecule has 0 aliphatic rings. The van der Waals surface area contributed by atoms with Gasteiger partial charge in [0.25, 0.3) is 0 Å². The molecule has 20 heavy (non-hydrogen) atoms. The summed E-state index contributed by atoms with van der Waals surface area (Å²) in [5.74, 6) is -0.324. The maximum atomic E-state index is 11.5. The summed E-state index contributed by atoms with van der Waals surface area (Å²) in [6.07, 6.45) is 0. The lowest BCUT2D eigenvalue weighted by Gasteiger charge is -2.10. The van der Waals surface area contributed by atoms with Crippen molar-refractivity contribution in [3.05, 3.63) is 48.5 Å². The number of carbonyl (C=O) groups excluding carboxylic acids is 1. The number of hydrogen-bond acceptors (Lipinski definition) is 4. The van der Waals surface area contributed by atoms with Gasteiger partial charge in [-0.1, -0.05) is 6.07 Å². The first-order valence-corrected chi connectivity index (χ1v) is 8.28. The largest absolute Gasteiger partial charge is 0.465 e. The van der Waals surface area contributed by atoms with E-state index in [9.17, 15) is 4.79 Å². The van der Waals surface area contributed by atoms with Gasteiger partial charge in [0.15, 0.2) is 0 Å². The summed E-state index contributed by atoms with van der Waals surface area (Å²) in [7, 11) is 1.38. The molecular formula is C14H13Br2NO2S. The van der Waals surface area contributed by atoms with Gasteiger partial charge in [0, 0.05) is 21.6 Å². The molecule has 1 aromatic heterocycles. The highest BCUT2D eigenvalue weighted by molar-refractivity contribution is 9.13. The topological polar surface area (TPSA) is 38.3 Å². The molecule has 0 saturated carbocycles. The average Bonchev–Trinajstić information content (AvgIpc) is 2.76. The fraction of sp³-hybridized carbons (Fsp3) is 0.214. The number of thiophene rings is 1. The quantitative estimate of drug-likeness (QED) is 0.711. The van der Waals surface area contributed by atoms with Crippen molar-refractivity contribution in [2.45, 2.75) is 13.5 Å². The summed E-state index contributed by atoms with van der Waals surface area (Å²) in [5, 5.41) is 3.35. The molecule has 0 atom stereocenters. The first-order valence-electron chi connectivity index (χ1n) is 5.88. The Hall–Kier alpha value is -0.850. The summed E-state index contributed by atoms with van der Waals surface area (Å²) < 4.78 is 6.87. The normalized spacial score (nSPS) is 10.4. The van der Waals surface area contributed by atoms with Crippen LogP contribution in [-0.2, 0) is 11.3 Å². The van der Waals surface area contributed by atoms with Crippen LogP contribution in [0.2, 0.25) is 0 Å². The van der Waals surface area contributed by atoms with Gasteiger partial charge in [-0.15, -0.1) is 11.3 Å². The third-order valence-electron chi connectivity index (χ3n) is 2.81. The Morgan fingerprint density at radius 3 is 2.70 bits per heavy atom. The second kappa shape index (κ2) is 6.74. The van der Waals surface area contributed by atoms with Crippen LogP contribution in [0, 0.1) is 6.92 Å². The number of anilines is 1. The van der Waals surface area contributed by atoms with E-state index in [-0.39, 0.29) is 5.97 Å². The van der Waals surface area contributed by atoms with Crippen LogP contribution in [0.4, 0.5) is 5.69 Å². The maximum absolute atomic E-state index is 11.5. The molecule has 0 aliphatic carbocycles. The standard InChI is InChI=1S/C14H13Br2NO2S/c1-8-3-4-9(14(18)19-2)5-12(8)17-7-10-6-11(15)13(16)20-10/h3-6,17H,7H2,1-2H3. The Bertz CT molecular complexity index is 621. The number of carbonyl (C=O) groups is 1. The van der Waals surface area contributed by atoms with Crippen LogP contribution in [0.5, 0.6) is 0 Å². The Kier molecular flexibility index (Phi) is 5.23. The van der Waals surface area contributed by atoms with E-state index in [1.807, 2.05) is 19.1 Å². The van der Waals surface area contributed by atoms with E-state index in [2.05, 4.69) is 43.2 Å². The van der Waals surface area contributed by atoms with Crippen LogP contribution in [-0.4, -0.2) is 13.1 Å². The number of hydrogen-bond donors (Lipinski definition) is 1. The molecule has 0 spiro atoms. The number of aryl methyl sites for hydroxylation is 1. The Labute approximate surface area is 138 Å². The second-order valence-corrected chi connectivity index (χ2v) is 7.52. The van der Waals surface area contributed by atoms with E-state index in [1.54, 1.807) is 17.4 Å². The molecule has 106 valence electrons. The monoisotopic (exact) mass is 417 g/mol. The summed E-state index contributed by atoms with van der Waals surface area (Å²) in [5.41, 5.74) is 2.58. The zero-order valence-corrected chi connectivity index (χ0v) is 15.0. The van der Waals surface area contributed by atoms with Crippen molar-refractivity contribution in [3.8, 4) is 0 Å². The van der Waals surface area contributed by atoms with Crippen LogP contribution >= 0.6 is 43.2 Å². The third-order valence-corrected chi connectivity index (χ3v) is 6.06. The molecule has 0 amide bonds. The van der Waals surface area contributed by atoms with Gasteiger partial charge in [-0.3, -0.25) is 0 Å². The van der Waals surface area contributed by atoms with Crippen molar-refractivity contribution < 1.29 is 9.53 Å². The lowest BCUT2D eigenvalue weighted by Crippen LogP contribution is -2.04. The Morgan fingerprint density at radius 2 is 2.10 bits per heavy atom. The summed E-state index contributed by atoms with van der Waals surface area (Å²) in [4.78, 5) is 12.7. The van der Waals surface area contributed by atoms with E-state index in [0.717, 1.165) is 19.5 Å². The minimum absolute atomic E-state index is 0.324. The maximum Gasteiger partial charge on any atom is 0.337 e. The number of nitrogens with one attached hydrogen (secondary N) is 1. The van der Waals surface area contributed by atoms with Gasteiger partial charge in [0.2, 0.25) is 0 Å². The molecule has 6 heteroatoms. The van der Waals surface area contributed by atoms with Crippen LogP contribution in [0.15, 0.2) is 32.5 Å². The average molecular weight is 419 g/mol. The molecule has 0 aliphatic heterocycles. The fourth-order valence-electron chi connectivity index (χ4n) is 1.72. The molecular weight excluding hydrogens is 406 g/mol. The molecule has 0 saturated heterocycles. The Morgan fingerprint density at radius 1 is 1.35 bits per heavy atom. The highest BCUT2D eigenvalue weighted by atomic mass is 79.9. The van der Waals surface area contributed by atoms with E-state index in [0.29, 0.717) is 12.1 Å². The van der Waals surface area contributed by atoms with E-state index >= 15 is 0 Å². The van der Waals surface area contributed by atoms with Crippen molar-refractivity contribution in [3.63, 3.8) is 0 Å². The first kappa shape index (κ1) is 15.5. The molecule has 3 nitrogen and oxygen atoms in total. The molecule has 0 fully saturated rings. The van der Waals surface area contributed by atoms with Gasteiger partial charge in [0.05, 0.1) is 16.5 Å². The van der Waals surface area contributed by atoms with Crippen molar-refractivity contribution in [2.24, 2.45) is 0 Å². The molecule has 2 aromatic rings. The number of ether oxygens (including phenoxy) is 1. The molecule has 0 radical (unpaired) electrons. The zero-order valence-electron chi connectivity index (χ0n) is 11.0. The van der Waals surface area contributed by atoms with Crippen molar-refractivity contribution in [1.29, 1.82) is 0 Å². The lowest BCUT2D eigenvalue weighted by atomic mass is 10.1. The number of rotatable bonds is 4. The van der Waals surface area contributed by atoms with Gasteiger partial charge >= 0.3 is 5.97 Å². The first-order chi connectivity index (χ1) is 9.51. The van der Waals surface area contributed by atoms with E-state index < -0.39 is 0 Å². The number of halogens is 2. The van der Waals surface area contributed by atoms with Gasteiger partial charge in [-0.2, -0.15) is 0 Å². The number of esters is 1. The zero-order chi connectivity index (χ0) is 14.7. The summed E-state index contributed by atoms with van der Waals surface area (Å²) >= 11 is 8.62. The summed E-state index contributed by atoms with van der Waals surface area (Å²) in [6.45, 7) is 2.71. The minimum atomic E-state index is -0.324. The molecule has 1 aromatic carbocycles. The van der Waals surface area contributed by atoms with Gasteiger partial charge in [0.1, 0.15) is 0 Å². The predicted molar refractivity (Wildman–Crippen MR) is 89.6 cm³/mol. The molecule has 0 bridgehead atoms. The van der Waals surface area contributed by atoms with Crippen LogP contribution in [0.25, 0.3) is 0 Å². The SMILES string of the molecule is COC(=O)c1ccc(C)c(NCc2cc(Br)c(Br)s2)c1. The number of methoxy groups -OCH3 is 1. The predicted octanol–water partition coefficient (Wildman–Crippen LogP) is 4.98. The Balaban J connectivity index is 2.14. The van der Waals surface area contributed by atoms with E-state index in [1.165, 1.54) is 12.0 Å². The van der Waals surface area contributed by atoms with E-state index in [4.69, 9.17) is 4.74 Å². The molecule has 1 heterocycles. The third kappa shape index (κ3) is 3.62. The summed E-state index contributed by atoms with van der Waals surface area (Å²) in [6, 6.07) is 7.57. The molecule has 0 unspecified atom stereocenters. The van der Waals surface area contributed by atoms with Crippen LogP contribution in [0.3, 0.4) is 0 Å². The van der Waals surface area contributed by atoms with Crippen LogP contribution < -0.4 is 5.32 Å². The molecule has 2 rings (SSSR count). The van der Waals surface area contributed by atoms with Gasteiger partial charge in [-0.25, -0.2) is 4.79 Å². The van der Waals surface area contributed by atoms with Crippen molar-refractivity contribution in [2.75, 3.05) is 12.4 Å². The van der Waals surface area contributed by atoms with Crippen LogP contribution in [0.1, 0.15) is 20.8 Å². The molecule has 1 N–H and O–H groups in total.